The quantitative estimate of drug-likeness (QED) is 0.0226. The van der Waals surface area contributed by atoms with Gasteiger partial charge >= 0.3 is 23.9 Å². The van der Waals surface area contributed by atoms with Crippen LogP contribution in [0.3, 0.4) is 0 Å². The molecule has 4 aromatic rings. The molecule has 4 rings (SSSR count). The van der Waals surface area contributed by atoms with E-state index in [4.69, 9.17) is 11.5 Å². The normalized spacial score (nSPS) is 12.5. The van der Waals surface area contributed by atoms with Gasteiger partial charge in [0.2, 0.25) is 35.5 Å². The van der Waals surface area contributed by atoms with Gasteiger partial charge in [0.25, 0.3) is 11.8 Å². The Morgan fingerprint density at radius 1 is 0.577 bits per heavy atom. The van der Waals surface area contributed by atoms with Gasteiger partial charge in [0.15, 0.2) is 11.2 Å². The number of anilines is 3. The van der Waals surface area contributed by atoms with E-state index < -0.39 is 109 Å². The standard InChI is InChI=1S/C43H51N13O15/c44-23-10-6-21(7-11-23)36(64)46-14-2-1-4-26(42(70)71)52-39(67)28(17-32(60)61)54-40(68)29(18-33(62)63)53-38(66)27(16-31(58)59)51-30(57)5-3-15-47-37(65)22-8-12-24(13-9-22)48-19-25-20-49-35-34(50-25)41(69)56-43(45)55-35/h6-13,20,26-29,48H,1-5,14-19,44H2,(H,46,64)(H,47,65)(H,51,57)(H,52,67)(H,53,66)(H,54,68)(H,58,59)(H,60,61)(H,62,63)(H,70,71)(H3,45,49,55,56,69)/t26-,27+,28-,29-/m0/s1. The van der Waals surface area contributed by atoms with Crippen LogP contribution in [0.15, 0.2) is 54.7 Å². The number of hydrogen-bond donors (Lipinski definition) is 14. The zero-order valence-corrected chi connectivity index (χ0v) is 37.5. The Labute approximate surface area is 401 Å². The van der Waals surface area contributed by atoms with Gasteiger partial charge in [-0.2, -0.15) is 9.97 Å². The Hall–Kier alpha value is -9.24. The molecule has 0 aliphatic heterocycles. The summed E-state index contributed by atoms with van der Waals surface area (Å²) in [5.41, 5.74) is 13.4. The first-order valence-corrected chi connectivity index (χ1v) is 21.5. The lowest BCUT2D eigenvalue weighted by atomic mass is 10.1. The van der Waals surface area contributed by atoms with Gasteiger partial charge < -0.3 is 74.2 Å². The second kappa shape index (κ2) is 26.3. The Bertz CT molecular complexity index is 2620. The molecule has 71 heavy (non-hydrogen) atoms. The Balaban J connectivity index is 1.26. The molecule has 2 heterocycles. The minimum Gasteiger partial charge on any atom is -0.492 e. The maximum atomic E-state index is 13.3. The summed E-state index contributed by atoms with van der Waals surface area (Å²) >= 11 is 0. The van der Waals surface area contributed by atoms with Crippen molar-refractivity contribution in [2.75, 3.05) is 29.9 Å². The molecular formula is C43H51N13O15. The minimum atomic E-state index is -2.07. The van der Waals surface area contributed by atoms with Gasteiger partial charge in [0, 0.05) is 42.0 Å². The number of carbonyl (C=O) groups excluding carboxylic acids is 6. The van der Waals surface area contributed by atoms with Crippen molar-refractivity contribution in [3.63, 3.8) is 0 Å². The largest absolute Gasteiger partial charge is 0.492 e. The number of nitrogens with zero attached hydrogens (tertiary/aromatic N) is 4. The molecule has 0 aliphatic carbocycles. The molecule has 4 atom stereocenters. The zero-order chi connectivity index (χ0) is 52.2. The number of nitrogen functional groups attached to an aromatic ring is 2. The maximum absolute atomic E-state index is 13.3. The summed E-state index contributed by atoms with van der Waals surface area (Å²) in [5.74, 6) is -12.8. The smallest absolute Gasteiger partial charge is 0.326 e. The molecule has 6 amide bonds. The molecular weight excluding hydrogens is 939 g/mol. The number of carbonyl (C=O) groups is 10. The van der Waals surface area contributed by atoms with Gasteiger partial charge in [0.1, 0.15) is 24.2 Å². The number of rotatable bonds is 28. The van der Waals surface area contributed by atoms with Crippen LogP contribution in [0, 0.1) is 0 Å². The van der Waals surface area contributed by atoms with E-state index in [0.717, 1.165) is 0 Å². The number of aromatic hydroxyl groups is 1. The molecule has 0 aliphatic rings. The Morgan fingerprint density at radius 2 is 1.07 bits per heavy atom. The molecule has 0 spiro atoms. The number of aliphatic carboxylic acids is 4. The minimum absolute atomic E-state index is 0.00192. The highest BCUT2D eigenvalue weighted by atomic mass is 16.4. The fraction of sp³-hybridized carbons (Fsp3) is 0.349. The van der Waals surface area contributed by atoms with Crippen LogP contribution in [-0.2, 0) is 44.9 Å². The molecule has 28 heteroatoms. The van der Waals surface area contributed by atoms with Crippen molar-refractivity contribution in [2.45, 2.75) is 82.1 Å². The number of nitrogens with one attached hydrogen (secondary N) is 7. The van der Waals surface area contributed by atoms with Crippen LogP contribution in [0.1, 0.15) is 77.8 Å². The molecule has 0 unspecified atom stereocenters. The summed E-state index contributed by atoms with van der Waals surface area (Å²) in [6.45, 7) is 0.264. The van der Waals surface area contributed by atoms with Crippen molar-refractivity contribution in [1.82, 2.24) is 51.8 Å². The molecule has 0 radical (unpaired) electrons. The van der Waals surface area contributed by atoms with Crippen molar-refractivity contribution in [1.29, 1.82) is 0 Å². The summed E-state index contributed by atoms with van der Waals surface area (Å²) in [4.78, 5) is 141. The van der Waals surface area contributed by atoms with E-state index in [2.05, 4.69) is 46.5 Å². The van der Waals surface area contributed by atoms with Gasteiger partial charge in [0.05, 0.1) is 37.7 Å². The summed E-state index contributed by atoms with van der Waals surface area (Å²) < 4.78 is 0. The topological polar surface area (TPSA) is 460 Å². The highest BCUT2D eigenvalue weighted by Crippen LogP contribution is 2.19. The van der Waals surface area contributed by atoms with E-state index in [-0.39, 0.29) is 74.4 Å². The van der Waals surface area contributed by atoms with Crippen molar-refractivity contribution in [2.24, 2.45) is 0 Å². The molecule has 28 nitrogen and oxygen atoms in total. The maximum Gasteiger partial charge on any atom is 0.326 e. The number of carboxylic acids is 4. The predicted octanol–water partition coefficient (Wildman–Crippen LogP) is -1.54. The number of aromatic nitrogens is 4. The monoisotopic (exact) mass is 989 g/mol. The van der Waals surface area contributed by atoms with Crippen molar-refractivity contribution in [3.05, 3.63) is 71.5 Å². The third kappa shape index (κ3) is 18.1. The molecule has 0 fully saturated rings. The van der Waals surface area contributed by atoms with E-state index in [0.29, 0.717) is 22.6 Å². The number of nitrogens with two attached hydrogens (primary N) is 2. The van der Waals surface area contributed by atoms with Crippen molar-refractivity contribution < 1.29 is 73.5 Å². The molecule has 0 saturated carbocycles. The van der Waals surface area contributed by atoms with Crippen molar-refractivity contribution in [3.8, 4) is 5.88 Å². The van der Waals surface area contributed by atoms with E-state index >= 15 is 0 Å². The zero-order valence-electron chi connectivity index (χ0n) is 37.5. The third-order valence-electron chi connectivity index (χ3n) is 9.99. The van der Waals surface area contributed by atoms with Crippen LogP contribution in [0.25, 0.3) is 11.2 Å². The fourth-order valence-electron chi connectivity index (χ4n) is 6.42. The fourth-order valence-corrected chi connectivity index (χ4v) is 6.42. The number of unbranched alkanes of at least 4 members (excludes halogenated alkanes) is 1. The third-order valence-corrected chi connectivity index (χ3v) is 9.99. The molecule has 2 aromatic heterocycles. The molecule has 16 N–H and O–H groups in total. The number of carboxylic acid groups (broad SMARTS) is 4. The lowest BCUT2D eigenvalue weighted by molar-refractivity contribution is -0.145. The van der Waals surface area contributed by atoms with Crippen LogP contribution in [0.5, 0.6) is 5.88 Å². The molecule has 0 saturated heterocycles. The van der Waals surface area contributed by atoms with Crippen LogP contribution in [0.4, 0.5) is 17.3 Å². The van der Waals surface area contributed by atoms with Crippen LogP contribution >= 0.6 is 0 Å². The molecule has 0 bridgehead atoms. The molecule has 378 valence electrons. The summed E-state index contributed by atoms with van der Waals surface area (Å²) in [6, 6.07) is 4.80. The predicted molar refractivity (Wildman–Crippen MR) is 246 cm³/mol. The first-order chi connectivity index (χ1) is 33.7. The average molecular weight is 990 g/mol. The summed E-state index contributed by atoms with van der Waals surface area (Å²) in [7, 11) is 0. The van der Waals surface area contributed by atoms with Crippen LogP contribution in [0.2, 0.25) is 0 Å². The number of benzene rings is 2. The van der Waals surface area contributed by atoms with E-state index in [1.165, 1.54) is 42.6 Å². The SMILES string of the molecule is Nc1ccc(C(=O)NCCCC[C@H](NC(=O)[C@H](CC(=O)O)NC(=O)[C@H](CC(=O)O)NC(=O)[C@@H](CC(=O)O)NC(=O)CCCNC(=O)c2ccc(NCc3cnc4nc(N)nc(O)c4n3)cc2)C(=O)O)cc1. The van der Waals surface area contributed by atoms with Crippen LogP contribution < -0.4 is 48.7 Å². The van der Waals surface area contributed by atoms with Crippen LogP contribution in [-0.4, -0.2) is 142 Å². The molecule has 2 aromatic carbocycles. The Kier molecular flexibility index (Phi) is 20.2. The van der Waals surface area contributed by atoms with Gasteiger partial charge in [-0.25, -0.2) is 14.8 Å². The van der Waals surface area contributed by atoms with E-state index in [1.54, 1.807) is 12.1 Å². The number of amides is 6. The highest BCUT2D eigenvalue weighted by molar-refractivity contribution is 5.98. The van der Waals surface area contributed by atoms with Crippen molar-refractivity contribution >= 4 is 87.8 Å². The number of hydrogen-bond acceptors (Lipinski definition) is 18. The van der Waals surface area contributed by atoms with E-state index in [1.807, 2.05) is 10.6 Å². The first-order valence-electron chi connectivity index (χ1n) is 21.5. The lowest BCUT2D eigenvalue weighted by Crippen LogP contribution is -2.58. The van der Waals surface area contributed by atoms with Gasteiger partial charge in [-0.3, -0.25) is 43.2 Å². The lowest BCUT2D eigenvalue weighted by Gasteiger charge is -2.24. The highest BCUT2D eigenvalue weighted by Gasteiger charge is 2.34. The van der Waals surface area contributed by atoms with Gasteiger partial charge in [-0.05, 0) is 74.2 Å². The number of fused-ring (bicyclic) bond motifs is 1. The van der Waals surface area contributed by atoms with E-state index in [9.17, 15) is 73.5 Å². The summed E-state index contributed by atoms with van der Waals surface area (Å²) in [6.07, 6.45) is -2.02. The van der Waals surface area contributed by atoms with Gasteiger partial charge in [-0.1, -0.05) is 0 Å². The summed E-state index contributed by atoms with van der Waals surface area (Å²) in [5, 5.41) is 64.8. The second-order valence-corrected chi connectivity index (χ2v) is 15.5. The average Bonchev–Trinajstić information content (AvgIpc) is 3.30. The Morgan fingerprint density at radius 3 is 1.59 bits per heavy atom. The second-order valence-electron chi connectivity index (χ2n) is 15.5. The first kappa shape index (κ1) is 54.4. The van der Waals surface area contributed by atoms with Gasteiger partial charge in [-0.15, -0.1) is 0 Å².